The summed E-state index contributed by atoms with van der Waals surface area (Å²) < 4.78 is 72.1. The summed E-state index contributed by atoms with van der Waals surface area (Å²) in [6.45, 7) is -0.676. The molecule has 2 heterocycles. The Bertz CT molecular complexity index is 799. The second kappa shape index (κ2) is 8.31. The van der Waals surface area contributed by atoms with Crippen molar-refractivity contribution in [2.45, 2.75) is 37.2 Å². The van der Waals surface area contributed by atoms with Gasteiger partial charge in [-0.3, -0.25) is 4.79 Å². The number of urea groups is 1. The molecule has 3 N–H and O–H groups in total. The van der Waals surface area contributed by atoms with Crippen molar-refractivity contribution in [1.29, 1.82) is 0 Å². The molecule has 2 fully saturated rings. The number of rotatable bonds is 4. The van der Waals surface area contributed by atoms with Crippen molar-refractivity contribution in [2.24, 2.45) is 5.92 Å². The zero-order valence-corrected chi connectivity index (χ0v) is 15.5. The molecule has 4 atom stereocenters. The Morgan fingerprint density at radius 2 is 2.00 bits per heavy atom. The number of alkyl halides is 3. The largest absolute Gasteiger partial charge is 0.394 e. The topological polar surface area (TPSA) is 79.5 Å². The number of amides is 3. The fourth-order valence-electron chi connectivity index (χ4n) is 3.31. The van der Waals surface area contributed by atoms with Gasteiger partial charge in [0.25, 0.3) is 0 Å². The van der Waals surface area contributed by atoms with Crippen LogP contribution in [0.25, 0.3) is 0 Å². The second-order valence-electron chi connectivity index (χ2n) is 6.85. The molecule has 0 aromatic heterocycles. The molecule has 0 spiro atoms. The molecular weight excluding hydrogens is 425 g/mol. The molecule has 0 saturated carbocycles. The van der Waals surface area contributed by atoms with E-state index >= 15 is 0 Å². The van der Waals surface area contributed by atoms with Crippen LogP contribution in [-0.2, 0) is 9.53 Å². The van der Waals surface area contributed by atoms with Crippen molar-refractivity contribution in [1.82, 2.24) is 16.0 Å². The van der Waals surface area contributed by atoms with E-state index < -0.39 is 65.5 Å². The quantitative estimate of drug-likeness (QED) is 0.496. The standard InChI is InChI=1S/C17H17ClF5N3O3/c18-12-9(19)3-2-8(13(12)20)14(26-15(27)10-5-24-16(28)25-10)11-4-1-7(6-29-11)17(21,22)23/h2-3,7,10-11,14H,1,4-6H2,(H,26,27)(H2,24,25,28)/t7-,10+,11+,14-/m1/s1. The molecule has 3 amide bonds. The third-order valence-corrected chi connectivity index (χ3v) is 5.28. The Morgan fingerprint density at radius 3 is 2.55 bits per heavy atom. The molecule has 2 aliphatic heterocycles. The van der Waals surface area contributed by atoms with E-state index in [2.05, 4.69) is 16.0 Å². The number of carbonyl (C=O) groups is 2. The summed E-state index contributed by atoms with van der Waals surface area (Å²) >= 11 is 5.61. The molecule has 2 aliphatic rings. The van der Waals surface area contributed by atoms with Gasteiger partial charge in [-0.25, -0.2) is 13.6 Å². The monoisotopic (exact) mass is 441 g/mol. The average molecular weight is 442 g/mol. The highest BCUT2D eigenvalue weighted by molar-refractivity contribution is 6.31. The molecule has 2 saturated heterocycles. The van der Waals surface area contributed by atoms with Gasteiger partial charge in [-0.2, -0.15) is 13.2 Å². The highest BCUT2D eigenvalue weighted by Gasteiger charge is 2.44. The highest BCUT2D eigenvalue weighted by atomic mass is 35.5. The lowest BCUT2D eigenvalue weighted by molar-refractivity contribution is -0.210. The van der Waals surface area contributed by atoms with E-state index in [-0.39, 0.29) is 24.9 Å². The Labute approximate surface area is 167 Å². The first kappa shape index (κ1) is 21.6. The first-order valence-electron chi connectivity index (χ1n) is 8.74. The lowest BCUT2D eigenvalue weighted by Gasteiger charge is -2.35. The smallest absolute Gasteiger partial charge is 0.375 e. The lowest BCUT2D eigenvalue weighted by Crippen LogP contribution is -2.49. The molecule has 6 nitrogen and oxygen atoms in total. The fourth-order valence-corrected chi connectivity index (χ4v) is 3.48. The molecule has 29 heavy (non-hydrogen) atoms. The van der Waals surface area contributed by atoms with Gasteiger partial charge in [-0.1, -0.05) is 17.7 Å². The Kier molecular flexibility index (Phi) is 6.18. The molecule has 0 bridgehead atoms. The van der Waals surface area contributed by atoms with Gasteiger partial charge in [0.15, 0.2) is 0 Å². The van der Waals surface area contributed by atoms with E-state index in [0.717, 1.165) is 12.1 Å². The molecule has 12 heteroatoms. The normalized spacial score (nSPS) is 25.9. The van der Waals surface area contributed by atoms with Crippen LogP contribution in [0.15, 0.2) is 12.1 Å². The van der Waals surface area contributed by atoms with Gasteiger partial charge in [0.05, 0.1) is 24.7 Å². The number of benzene rings is 1. The molecule has 1 aromatic carbocycles. The van der Waals surface area contributed by atoms with E-state index in [0.29, 0.717) is 0 Å². The number of hydrogen-bond donors (Lipinski definition) is 3. The molecule has 160 valence electrons. The summed E-state index contributed by atoms with van der Waals surface area (Å²) in [7, 11) is 0. The van der Waals surface area contributed by atoms with Crippen LogP contribution in [0.4, 0.5) is 26.7 Å². The number of hydrogen-bond acceptors (Lipinski definition) is 3. The Hall–Kier alpha value is -2.14. The van der Waals surface area contributed by atoms with Gasteiger partial charge in [-0.15, -0.1) is 0 Å². The minimum absolute atomic E-state index is 0.0221. The van der Waals surface area contributed by atoms with Crippen LogP contribution in [0.3, 0.4) is 0 Å². The Balaban J connectivity index is 1.83. The van der Waals surface area contributed by atoms with E-state index in [1.165, 1.54) is 0 Å². The zero-order valence-electron chi connectivity index (χ0n) is 14.8. The molecule has 0 radical (unpaired) electrons. The summed E-state index contributed by atoms with van der Waals surface area (Å²) in [5.74, 6) is -4.54. The van der Waals surface area contributed by atoms with Crippen LogP contribution in [0.1, 0.15) is 24.4 Å². The minimum atomic E-state index is -4.44. The zero-order chi connectivity index (χ0) is 21.3. The maximum Gasteiger partial charge on any atom is 0.394 e. The summed E-state index contributed by atoms with van der Waals surface area (Å²) in [5, 5.41) is 6.41. The maximum absolute atomic E-state index is 14.6. The Morgan fingerprint density at radius 1 is 1.28 bits per heavy atom. The molecular formula is C17H17ClF5N3O3. The van der Waals surface area contributed by atoms with Crippen LogP contribution >= 0.6 is 11.6 Å². The van der Waals surface area contributed by atoms with Gasteiger partial charge in [0, 0.05) is 12.1 Å². The van der Waals surface area contributed by atoms with Crippen molar-refractivity contribution >= 4 is 23.5 Å². The van der Waals surface area contributed by atoms with Gasteiger partial charge < -0.3 is 20.7 Å². The number of ether oxygens (including phenoxy) is 1. The molecule has 3 rings (SSSR count). The summed E-state index contributed by atoms with van der Waals surface area (Å²) in [6, 6.07) is -0.825. The SMILES string of the molecule is O=C1NC[C@@H](C(=O)N[C@H](c2ccc(F)c(Cl)c2F)[C@@H]2CC[C@@H](C(F)(F)F)CO2)N1. The van der Waals surface area contributed by atoms with E-state index in [1.807, 2.05) is 0 Å². The van der Waals surface area contributed by atoms with E-state index in [4.69, 9.17) is 16.3 Å². The summed E-state index contributed by atoms with van der Waals surface area (Å²) in [4.78, 5) is 23.7. The summed E-state index contributed by atoms with van der Waals surface area (Å²) in [6.07, 6.45) is -5.84. The van der Waals surface area contributed by atoms with Crippen LogP contribution < -0.4 is 16.0 Å². The number of halogens is 6. The van der Waals surface area contributed by atoms with Gasteiger partial charge in [0.1, 0.15) is 22.7 Å². The van der Waals surface area contributed by atoms with Gasteiger partial charge >= 0.3 is 12.2 Å². The molecule has 0 aliphatic carbocycles. The van der Waals surface area contributed by atoms with Gasteiger partial charge in [-0.05, 0) is 18.9 Å². The van der Waals surface area contributed by atoms with E-state index in [1.54, 1.807) is 0 Å². The van der Waals surface area contributed by atoms with Crippen LogP contribution in [0, 0.1) is 17.6 Å². The van der Waals surface area contributed by atoms with Gasteiger partial charge in [0.2, 0.25) is 5.91 Å². The summed E-state index contributed by atoms with van der Waals surface area (Å²) in [5.41, 5.74) is -0.225. The number of nitrogens with one attached hydrogen (secondary N) is 3. The van der Waals surface area contributed by atoms with Crippen molar-refractivity contribution in [3.05, 3.63) is 34.4 Å². The molecule has 1 aromatic rings. The minimum Gasteiger partial charge on any atom is -0.375 e. The third kappa shape index (κ3) is 4.72. The number of carbonyl (C=O) groups excluding carboxylic acids is 2. The first-order chi connectivity index (χ1) is 13.6. The third-order valence-electron chi connectivity index (χ3n) is 4.93. The van der Waals surface area contributed by atoms with Crippen LogP contribution in [0.2, 0.25) is 5.02 Å². The van der Waals surface area contributed by atoms with Crippen molar-refractivity contribution in [2.75, 3.05) is 13.2 Å². The predicted octanol–water partition coefficient (Wildman–Crippen LogP) is 2.81. The van der Waals surface area contributed by atoms with Crippen molar-refractivity contribution < 1.29 is 36.3 Å². The molecule has 0 unspecified atom stereocenters. The second-order valence-corrected chi connectivity index (χ2v) is 7.22. The average Bonchev–Trinajstić information content (AvgIpc) is 3.11. The van der Waals surface area contributed by atoms with Crippen LogP contribution in [0.5, 0.6) is 0 Å². The predicted molar refractivity (Wildman–Crippen MR) is 91.1 cm³/mol. The van der Waals surface area contributed by atoms with Crippen molar-refractivity contribution in [3.8, 4) is 0 Å². The fraction of sp³-hybridized carbons (Fsp3) is 0.529. The lowest BCUT2D eigenvalue weighted by atomic mass is 9.90. The highest BCUT2D eigenvalue weighted by Crippen LogP contribution is 2.38. The first-order valence-corrected chi connectivity index (χ1v) is 9.12. The maximum atomic E-state index is 14.6. The van der Waals surface area contributed by atoms with Crippen LogP contribution in [-0.4, -0.2) is 43.4 Å². The van der Waals surface area contributed by atoms with E-state index in [9.17, 15) is 31.5 Å². The van der Waals surface area contributed by atoms with Crippen molar-refractivity contribution in [3.63, 3.8) is 0 Å².